The number of esters is 1. The second-order valence-electron chi connectivity index (χ2n) is 7.76. The highest BCUT2D eigenvalue weighted by Gasteiger charge is 2.22. The lowest BCUT2D eigenvalue weighted by Gasteiger charge is -2.20. The van der Waals surface area contributed by atoms with Gasteiger partial charge in [-0.1, -0.05) is 0 Å². The maximum absolute atomic E-state index is 13.4. The van der Waals surface area contributed by atoms with E-state index in [1.807, 2.05) is 39.1 Å². The standard InChI is InChI=1S/C22H21FN4O2/c1-22(2,3)29-18(28)12-27-13-26-19(14-4-6-15(23)7-5-14)20(27)16-8-10-24-21-17(16)9-11-25-21/h4-11,13H,12H2,1-3H3,(H,24,25). The van der Waals surface area contributed by atoms with E-state index in [1.165, 1.54) is 12.1 Å². The molecule has 0 aliphatic heterocycles. The number of hydrogen-bond acceptors (Lipinski definition) is 4. The predicted octanol–water partition coefficient (Wildman–Crippen LogP) is 4.57. The molecule has 0 unspecified atom stereocenters. The van der Waals surface area contributed by atoms with Gasteiger partial charge in [0.15, 0.2) is 0 Å². The number of hydrogen-bond donors (Lipinski definition) is 1. The molecule has 4 rings (SSSR count). The van der Waals surface area contributed by atoms with Crippen molar-refractivity contribution in [2.45, 2.75) is 32.9 Å². The second kappa shape index (κ2) is 7.16. The van der Waals surface area contributed by atoms with Crippen molar-refractivity contribution in [2.24, 2.45) is 0 Å². The first-order chi connectivity index (χ1) is 13.8. The van der Waals surface area contributed by atoms with Gasteiger partial charge in [0.05, 0.1) is 17.7 Å². The van der Waals surface area contributed by atoms with Gasteiger partial charge in [0.1, 0.15) is 23.6 Å². The zero-order chi connectivity index (χ0) is 20.6. The molecule has 1 N–H and O–H groups in total. The van der Waals surface area contributed by atoms with Gasteiger partial charge in [-0.3, -0.25) is 4.79 Å². The average Bonchev–Trinajstić information content (AvgIpc) is 3.27. The smallest absolute Gasteiger partial charge is 0.326 e. The SMILES string of the molecule is CC(C)(C)OC(=O)Cn1cnc(-c2ccc(F)cc2)c1-c1ccnc2[nH]ccc12. The minimum Gasteiger partial charge on any atom is -0.459 e. The van der Waals surface area contributed by atoms with E-state index in [9.17, 15) is 9.18 Å². The van der Waals surface area contributed by atoms with Gasteiger partial charge in [-0.25, -0.2) is 14.4 Å². The summed E-state index contributed by atoms with van der Waals surface area (Å²) in [6.07, 6.45) is 5.12. The number of ether oxygens (including phenoxy) is 1. The fourth-order valence-electron chi connectivity index (χ4n) is 3.28. The van der Waals surface area contributed by atoms with Gasteiger partial charge in [0.2, 0.25) is 0 Å². The van der Waals surface area contributed by atoms with E-state index in [1.54, 1.807) is 29.2 Å². The van der Waals surface area contributed by atoms with Crippen LogP contribution in [0.25, 0.3) is 33.5 Å². The number of aromatic nitrogens is 4. The third-order valence-electron chi connectivity index (χ3n) is 4.39. The fourth-order valence-corrected chi connectivity index (χ4v) is 3.28. The van der Waals surface area contributed by atoms with Gasteiger partial charge >= 0.3 is 5.97 Å². The van der Waals surface area contributed by atoms with E-state index in [-0.39, 0.29) is 18.3 Å². The molecule has 0 amide bonds. The zero-order valence-corrected chi connectivity index (χ0v) is 16.4. The Bertz CT molecular complexity index is 1170. The molecule has 0 aliphatic rings. The number of pyridine rings is 1. The number of carbonyl (C=O) groups is 1. The molecule has 29 heavy (non-hydrogen) atoms. The Kier molecular flexibility index (Phi) is 4.66. The molecule has 0 radical (unpaired) electrons. The molecule has 0 bridgehead atoms. The van der Waals surface area contributed by atoms with Crippen LogP contribution >= 0.6 is 0 Å². The first-order valence-electron chi connectivity index (χ1n) is 9.27. The van der Waals surface area contributed by atoms with Crippen molar-refractivity contribution >= 4 is 17.0 Å². The first-order valence-corrected chi connectivity index (χ1v) is 9.27. The second-order valence-corrected chi connectivity index (χ2v) is 7.76. The summed E-state index contributed by atoms with van der Waals surface area (Å²) < 4.78 is 20.7. The Morgan fingerprint density at radius 2 is 1.90 bits per heavy atom. The number of halogens is 1. The van der Waals surface area contributed by atoms with Crippen molar-refractivity contribution in [3.63, 3.8) is 0 Å². The van der Waals surface area contributed by atoms with E-state index in [4.69, 9.17) is 4.74 Å². The van der Waals surface area contributed by atoms with Crippen LogP contribution in [0.5, 0.6) is 0 Å². The van der Waals surface area contributed by atoms with Gasteiger partial charge in [0, 0.05) is 28.9 Å². The first kappa shape index (κ1) is 18.9. The number of carbonyl (C=O) groups excluding carboxylic acids is 1. The largest absolute Gasteiger partial charge is 0.459 e. The van der Waals surface area contributed by atoms with Crippen molar-refractivity contribution in [2.75, 3.05) is 0 Å². The molecule has 0 fully saturated rings. The molecule has 3 aromatic heterocycles. The highest BCUT2D eigenvalue weighted by Crippen LogP contribution is 2.35. The molecular formula is C22H21FN4O2. The van der Waals surface area contributed by atoms with Crippen LogP contribution in [0.4, 0.5) is 4.39 Å². The lowest BCUT2D eigenvalue weighted by Crippen LogP contribution is -2.26. The Labute approximate surface area is 167 Å². The summed E-state index contributed by atoms with van der Waals surface area (Å²) in [4.78, 5) is 24.4. The molecule has 0 spiro atoms. The van der Waals surface area contributed by atoms with E-state index in [0.717, 1.165) is 27.9 Å². The predicted molar refractivity (Wildman–Crippen MR) is 109 cm³/mol. The summed E-state index contributed by atoms with van der Waals surface area (Å²) in [5.74, 6) is -0.679. The Balaban J connectivity index is 1.85. The number of rotatable bonds is 4. The van der Waals surface area contributed by atoms with Gasteiger partial charge in [0.25, 0.3) is 0 Å². The molecule has 4 aromatic rings. The Morgan fingerprint density at radius 1 is 1.14 bits per heavy atom. The normalized spacial score (nSPS) is 11.7. The molecule has 0 atom stereocenters. The fraction of sp³-hybridized carbons (Fsp3) is 0.227. The lowest BCUT2D eigenvalue weighted by molar-refractivity contribution is -0.155. The van der Waals surface area contributed by atoms with Gasteiger partial charge in [-0.05, 0) is 57.2 Å². The van der Waals surface area contributed by atoms with Gasteiger partial charge in [-0.2, -0.15) is 0 Å². The molecule has 0 saturated heterocycles. The summed E-state index contributed by atoms with van der Waals surface area (Å²) in [6.45, 7) is 5.50. The summed E-state index contributed by atoms with van der Waals surface area (Å²) in [5.41, 5.74) is 3.18. The molecule has 7 heteroatoms. The number of nitrogens with one attached hydrogen (secondary N) is 1. The van der Waals surface area contributed by atoms with Crippen LogP contribution in [-0.2, 0) is 16.1 Å². The highest BCUT2D eigenvalue weighted by atomic mass is 19.1. The molecular weight excluding hydrogens is 371 g/mol. The number of benzene rings is 1. The topological polar surface area (TPSA) is 72.8 Å². The van der Waals surface area contributed by atoms with Crippen LogP contribution in [0.2, 0.25) is 0 Å². The third kappa shape index (κ3) is 3.89. The maximum atomic E-state index is 13.4. The summed E-state index contributed by atoms with van der Waals surface area (Å²) in [6, 6.07) is 9.95. The van der Waals surface area contributed by atoms with Crippen LogP contribution in [0.3, 0.4) is 0 Å². The summed E-state index contributed by atoms with van der Waals surface area (Å²) in [5, 5.41) is 0.904. The monoisotopic (exact) mass is 392 g/mol. The van der Waals surface area contributed by atoms with Crippen LogP contribution < -0.4 is 0 Å². The number of aromatic amines is 1. The van der Waals surface area contributed by atoms with Crippen molar-refractivity contribution in [3.8, 4) is 22.5 Å². The summed E-state index contributed by atoms with van der Waals surface area (Å²) in [7, 11) is 0. The van der Waals surface area contributed by atoms with Crippen LogP contribution in [0.1, 0.15) is 20.8 Å². The van der Waals surface area contributed by atoms with E-state index in [0.29, 0.717) is 5.69 Å². The van der Waals surface area contributed by atoms with Crippen molar-refractivity contribution in [1.82, 2.24) is 19.5 Å². The van der Waals surface area contributed by atoms with Crippen molar-refractivity contribution in [3.05, 3.63) is 60.9 Å². The summed E-state index contributed by atoms with van der Waals surface area (Å²) >= 11 is 0. The molecule has 148 valence electrons. The molecule has 0 saturated carbocycles. The average molecular weight is 392 g/mol. The number of fused-ring (bicyclic) bond motifs is 1. The minimum absolute atomic E-state index is 0.00897. The lowest BCUT2D eigenvalue weighted by atomic mass is 10.0. The van der Waals surface area contributed by atoms with Crippen molar-refractivity contribution in [1.29, 1.82) is 0 Å². The number of imidazole rings is 1. The minimum atomic E-state index is -0.581. The zero-order valence-electron chi connectivity index (χ0n) is 16.4. The molecule has 3 heterocycles. The van der Waals surface area contributed by atoms with Gasteiger partial charge in [-0.15, -0.1) is 0 Å². The van der Waals surface area contributed by atoms with Gasteiger partial charge < -0.3 is 14.3 Å². The maximum Gasteiger partial charge on any atom is 0.326 e. The van der Waals surface area contributed by atoms with E-state index < -0.39 is 5.60 Å². The molecule has 1 aromatic carbocycles. The van der Waals surface area contributed by atoms with E-state index >= 15 is 0 Å². The third-order valence-corrected chi connectivity index (χ3v) is 4.39. The highest BCUT2D eigenvalue weighted by molar-refractivity contribution is 5.96. The number of H-pyrrole nitrogens is 1. The Hall–Kier alpha value is -3.48. The van der Waals surface area contributed by atoms with E-state index in [2.05, 4.69) is 15.0 Å². The van der Waals surface area contributed by atoms with Crippen LogP contribution in [0.15, 0.2) is 55.1 Å². The quantitative estimate of drug-likeness (QED) is 0.516. The van der Waals surface area contributed by atoms with Crippen molar-refractivity contribution < 1.29 is 13.9 Å². The molecule has 6 nitrogen and oxygen atoms in total. The number of nitrogens with zero attached hydrogens (tertiary/aromatic N) is 3. The van der Waals surface area contributed by atoms with Crippen LogP contribution in [-0.4, -0.2) is 31.1 Å². The molecule has 0 aliphatic carbocycles. The van der Waals surface area contributed by atoms with Crippen LogP contribution in [0, 0.1) is 5.82 Å². The Morgan fingerprint density at radius 3 is 2.62 bits per heavy atom.